The molecule has 0 amide bonds. The van der Waals surface area contributed by atoms with Gasteiger partial charge in [-0.05, 0) is 52.1 Å². The van der Waals surface area contributed by atoms with Gasteiger partial charge in [0.1, 0.15) is 0 Å². The Balaban J connectivity index is 1.30. The van der Waals surface area contributed by atoms with Crippen molar-refractivity contribution in [3.05, 3.63) is 164 Å². The van der Waals surface area contributed by atoms with E-state index in [2.05, 4.69) is 126 Å². The van der Waals surface area contributed by atoms with Crippen LogP contribution in [0.3, 0.4) is 0 Å². The Labute approximate surface area is 245 Å². The average Bonchev–Trinajstić information content (AvgIpc) is 3.09. The lowest BCUT2D eigenvalue weighted by atomic mass is 9.97. The van der Waals surface area contributed by atoms with Gasteiger partial charge in [0, 0.05) is 34.6 Å². The van der Waals surface area contributed by atoms with E-state index in [1.54, 1.807) is 6.20 Å². The van der Waals surface area contributed by atoms with Crippen LogP contribution in [-0.2, 0) is 0 Å². The van der Waals surface area contributed by atoms with Gasteiger partial charge in [-0.15, -0.1) is 0 Å². The number of rotatable bonds is 6. The second kappa shape index (κ2) is 11.4. The molecule has 0 aliphatic carbocycles. The lowest BCUT2D eigenvalue weighted by Gasteiger charge is -2.11. The average molecular weight is 538 g/mol. The summed E-state index contributed by atoms with van der Waals surface area (Å²) in [6.45, 7) is 0. The molecule has 0 atom stereocenters. The molecule has 3 nitrogen and oxygen atoms in total. The molecule has 0 radical (unpaired) electrons. The minimum atomic E-state index is 0.708. The van der Waals surface area contributed by atoms with E-state index in [0.717, 1.165) is 50.3 Å². The lowest BCUT2D eigenvalue weighted by Crippen LogP contribution is -1.96. The van der Waals surface area contributed by atoms with Gasteiger partial charge in [0.15, 0.2) is 5.82 Å². The SMILES string of the molecule is c1ccc(-c2ccc(-c3cc(-c4cccc(-c5cccc(-c6cccnc6)c5)c4)nc(-c4ccccc4)n3)cc2)cc1. The van der Waals surface area contributed by atoms with Gasteiger partial charge in [-0.1, -0.05) is 127 Å². The van der Waals surface area contributed by atoms with Crippen LogP contribution in [0.25, 0.3) is 67.3 Å². The molecule has 0 saturated carbocycles. The molecule has 42 heavy (non-hydrogen) atoms. The maximum atomic E-state index is 5.05. The van der Waals surface area contributed by atoms with Crippen molar-refractivity contribution in [2.75, 3.05) is 0 Å². The van der Waals surface area contributed by atoms with Gasteiger partial charge < -0.3 is 0 Å². The molecule has 0 N–H and O–H groups in total. The first-order valence-electron chi connectivity index (χ1n) is 14.0. The predicted molar refractivity (Wildman–Crippen MR) is 172 cm³/mol. The maximum absolute atomic E-state index is 5.05. The highest BCUT2D eigenvalue weighted by molar-refractivity contribution is 5.78. The van der Waals surface area contributed by atoms with Crippen LogP contribution in [0.5, 0.6) is 0 Å². The molecule has 3 heteroatoms. The third kappa shape index (κ3) is 5.36. The molecule has 0 unspecified atom stereocenters. The van der Waals surface area contributed by atoms with Crippen molar-refractivity contribution in [1.29, 1.82) is 0 Å². The first-order valence-corrected chi connectivity index (χ1v) is 14.0. The Morgan fingerprint density at radius 1 is 0.310 bits per heavy atom. The molecular formula is C39H27N3. The molecule has 7 aromatic rings. The van der Waals surface area contributed by atoms with Crippen LogP contribution in [0.1, 0.15) is 0 Å². The standard InChI is InChI=1S/C39H27N3/c1-3-10-28(11-4-1)29-19-21-30(22-20-29)37-26-38(42-39(41-37)31-12-5-2-6-13-31)35-17-8-15-33(25-35)32-14-7-16-34(24-32)36-18-9-23-40-27-36/h1-27H. The van der Waals surface area contributed by atoms with Crippen LogP contribution in [0.15, 0.2) is 164 Å². The van der Waals surface area contributed by atoms with E-state index in [1.165, 1.54) is 11.1 Å². The quantitative estimate of drug-likeness (QED) is 0.212. The van der Waals surface area contributed by atoms with Crippen molar-refractivity contribution in [1.82, 2.24) is 15.0 Å². The van der Waals surface area contributed by atoms with Gasteiger partial charge in [-0.25, -0.2) is 9.97 Å². The summed E-state index contributed by atoms with van der Waals surface area (Å²) in [5.41, 5.74) is 11.7. The van der Waals surface area contributed by atoms with Crippen molar-refractivity contribution in [3.8, 4) is 67.3 Å². The zero-order chi connectivity index (χ0) is 28.1. The molecule has 5 aromatic carbocycles. The van der Waals surface area contributed by atoms with E-state index < -0.39 is 0 Å². The zero-order valence-corrected chi connectivity index (χ0v) is 22.9. The number of hydrogen-bond acceptors (Lipinski definition) is 3. The number of pyridine rings is 1. The van der Waals surface area contributed by atoms with Gasteiger partial charge in [0.2, 0.25) is 0 Å². The Morgan fingerprint density at radius 2 is 0.786 bits per heavy atom. The Kier molecular flexibility index (Phi) is 6.89. The van der Waals surface area contributed by atoms with Crippen molar-refractivity contribution in [2.24, 2.45) is 0 Å². The van der Waals surface area contributed by atoms with Crippen LogP contribution in [0.4, 0.5) is 0 Å². The molecule has 2 aromatic heterocycles. The minimum Gasteiger partial charge on any atom is -0.264 e. The molecule has 0 fully saturated rings. The van der Waals surface area contributed by atoms with Crippen LogP contribution < -0.4 is 0 Å². The van der Waals surface area contributed by atoms with E-state index in [1.807, 2.05) is 36.5 Å². The molecule has 0 saturated heterocycles. The van der Waals surface area contributed by atoms with Crippen LogP contribution in [0, 0.1) is 0 Å². The number of aromatic nitrogens is 3. The van der Waals surface area contributed by atoms with Gasteiger partial charge in [0.05, 0.1) is 11.4 Å². The summed E-state index contributed by atoms with van der Waals surface area (Å²) in [5, 5.41) is 0. The molecule has 198 valence electrons. The highest BCUT2D eigenvalue weighted by Crippen LogP contribution is 2.32. The first-order chi connectivity index (χ1) is 20.8. The van der Waals surface area contributed by atoms with Crippen molar-refractivity contribution in [2.45, 2.75) is 0 Å². The number of hydrogen-bond donors (Lipinski definition) is 0. The summed E-state index contributed by atoms with van der Waals surface area (Å²) in [6, 6.07) is 52.5. The Hall–Kier alpha value is -5.67. The fourth-order valence-electron chi connectivity index (χ4n) is 5.19. The highest BCUT2D eigenvalue weighted by Gasteiger charge is 2.12. The third-order valence-electron chi connectivity index (χ3n) is 7.40. The highest BCUT2D eigenvalue weighted by atomic mass is 14.9. The smallest absolute Gasteiger partial charge is 0.160 e. The topological polar surface area (TPSA) is 38.7 Å². The fourth-order valence-corrected chi connectivity index (χ4v) is 5.19. The number of nitrogens with zero attached hydrogens (tertiary/aromatic N) is 3. The molecule has 7 rings (SSSR count). The Bertz CT molecular complexity index is 1950. The van der Waals surface area contributed by atoms with Crippen molar-refractivity contribution >= 4 is 0 Å². The molecule has 2 heterocycles. The summed E-state index contributed by atoms with van der Waals surface area (Å²) >= 11 is 0. The second-order valence-corrected chi connectivity index (χ2v) is 10.2. The molecule has 0 aliphatic rings. The Morgan fingerprint density at radius 3 is 1.43 bits per heavy atom. The van der Waals surface area contributed by atoms with E-state index in [9.17, 15) is 0 Å². The van der Waals surface area contributed by atoms with E-state index >= 15 is 0 Å². The van der Waals surface area contributed by atoms with E-state index in [-0.39, 0.29) is 0 Å². The summed E-state index contributed by atoms with van der Waals surface area (Å²) in [5.74, 6) is 0.708. The molecule has 0 bridgehead atoms. The summed E-state index contributed by atoms with van der Waals surface area (Å²) < 4.78 is 0. The van der Waals surface area contributed by atoms with Gasteiger partial charge in [0.25, 0.3) is 0 Å². The molecule has 0 spiro atoms. The van der Waals surface area contributed by atoms with Gasteiger partial charge in [-0.2, -0.15) is 0 Å². The first kappa shape index (κ1) is 25.3. The summed E-state index contributed by atoms with van der Waals surface area (Å²) in [7, 11) is 0. The molecular weight excluding hydrogens is 510 g/mol. The lowest BCUT2D eigenvalue weighted by molar-refractivity contribution is 1.18. The monoisotopic (exact) mass is 537 g/mol. The largest absolute Gasteiger partial charge is 0.264 e. The van der Waals surface area contributed by atoms with Crippen molar-refractivity contribution < 1.29 is 0 Å². The zero-order valence-electron chi connectivity index (χ0n) is 22.9. The fraction of sp³-hybridized carbons (Fsp3) is 0. The summed E-state index contributed by atoms with van der Waals surface area (Å²) in [4.78, 5) is 14.3. The number of benzene rings is 5. The maximum Gasteiger partial charge on any atom is 0.160 e. The van der Waals surface area contributed by atoms with Crippen molar-refractivity contribution in [3.63, 3.8) is 0 Å². The third-order valence-corrected chi connectivity index (χ3v) is 7.40. The van der Waals surface area contributed by atoms with Crippen LogP contribution >= 0.6 is 0 Å². The normalized spacial score (nSPS) is 10.9. The van der Waals surface area contributed by atoms with E-state index in [0.29, 0.717) is 5.82 Å². The predicted octanol–water partition coefficient (Wildman–Crippen LogP) is 9.87. The molecule has 0 aliphatic heterocycles. The summed E-state index contributed by atoms with van der Waals surface area (Å²) in [6.07, 6.45) is 3.70. The van der Waals surface area contributed by atoms with Gasteiger partial charge in [-0.3, -0.25) is 4.98 Å². The minimum absolute atomic E-state index is 0.708. The second-order valence-electron chi connectivity index (χ2n) is 10.2. The van der Waals surface area contributed by atoms with E-state index in [4.69, 9.17) is 9.97 Å². The van der Waals surface area contributed by atoms with Crippen LogP contribution in [-0.4, -0.2) is 15.0 Å². The van der Waals surface area contributed by atoms with Gasteiger partial charge >= 0.3 is 0 Å². The van der Waals surface area contributed by atoms with Crippen LogP contribution in [0.2, 0.25) is 0 Å².